The summed E-state index contributed by atoms with van der Waals surface area (Å²) in [5.74, 6) is -1.03. The molecular formula is C53H92O6. The van der Waals surface area contributed by atoms with Crippen LogP contribution >= 0.6 is 0 Å². The molecule has 0 aromatic carbocycles. The Labute approximate surface area is 364 Å². The van der Waals surface area contributed by atoms with Gasteiger partial charge in [0.05, 0.1) is 6.42 Å². The maximum Gasteiger partial charge on any atom is 0.309 e. The lowest BCUT2D eigenvalue weighted by molar-refractivity contribution is -0.166. The molecule has 0 radical (unpaired) electrons. The van der Waals surface area contributed by atoms with Crippen LogP contribution in [-0.4, -0.2) is 37.2 Å². The van der Waals surface area contributed by atoms with Crippen molar-refractivity contribution in [3.05, 3.63) is 60.8 Å². The summed E-state index contributed by atoms with van der Waals surface area (Å²) in [5, 5.41) is 0. The highest BCUT2D eigenvalue weighted by atomic mass is 16.6. The average molecular weight is 825 g/mol. The van der Waals surface area contributed by atoms with Gasteiger partial charge in [-0.2, -0.15) is 0 Å². The van der Waals surface area contributed by atoms with Crippen molar-refractivity contribution in [1.29, 1.82) is 0 Å². The van der Waals surface area contributed by atoms with Gasteiger partial charge < -0.3 is 14.2 Å². The predicted molar refractivity (Wildman–Crippen MR) is 251 cm³/mol. The van der Waals surface area contributed by atoms with Crippen LogP contribution in [0.25, 0.3) is 0 Å². The Hall–Kier alpha value is -2.89. The van der Waals surface area contributed by atoms with Crippen LogP contribution in [0.2, 0.25) is 0 Å². The first kappa shape index (κ1) is 56.1. The molecule has 59 heavy (non-hydrogen) atoms. The van der Waals surface area contributed by atoms with Gasteiger partial charge in [-0.3, -0.25) is 14.4 Å². The van der Waals surface area contributed by atoms with Gasteiger partial charge in [0.1, 0.15) is 13.2 Å². The highest BCUT2D eigenvalue weighted by Crippen LogP contribution is 2.15. The summed E-state index contributed by atoms with van der Waals surface area (Å²) in [6.45, 7) is 6.44. The van der Waals surface area contributed by atoms with Crippen molar-refractivity contribution in [3.8, 4) is 0 Å². The summed E-state index contributed by atoms with van der Waals surface area (Å²) in [7, 11) is 0. The second kappa shape index (κ2) is 47.8. The Morgan fingerprint density at radius 3 is 1.03 bits per heavy atom. The van der Waals surface area contributed by atoms with E-state index in [1.807, 2.05) is 6.08 Å². The Bertz CT molecular complexity index is 1090. The van der Waals surface area contributed by atoms with Gasteiger partial charge in [0, 0.05) is 12.8 Å². The smallest absolute Gasteiger partial charge is 0.309 e. The van der Waals surface area contributed by atoms with Crippen LogP contribution in [0.4, 0.5) is 0 Å². The third-order valence-electron chi connectivity index (χ3n) is 10.6. The molecule has 0 bridgehead atoms. The second-order valence-electron chi connectivity index (χ2n) is 16.4. The SMILES string of the molecule is CC/C=C\C/C=C\C/C=C\C/C=C\C/C=C\CC(=O)OCC(COC(=O)CCCCCCCCCCCCCC)OC(=O)CCCCCCCCCCCCCCCC. The molecule has 0 aliphatic rings. The van der Waals surface area contributed by atoms with Crippen LogP contribution in [0.1, 0.15) is 239 Å². The molecule has 1 unspecified atom stereocenters. The van der Waals surface area contributed by atoms with Crippen molar-refractivity contribution in [2.75, 3.05) is 13.2 Å². The average Bonchev–Trinajstić information content (AvgIpc) is 3.23. The van der Waals surface area contributed by atoms with Gasteiger partial charge >= 0.3 is 17.9 Å². The van der Waals surface area contributed by atoms with E-state index < -0.39 is 12.1 Å². The Balaban J connectivity index is 4.48. The lowest BCUT2D eigenvalue weighted by atomic mass is 10.0. The van der Waals surface area contributed by atoms with E-state index in [9.17, 15) is 14.4 Å². The standard InChI is InChI=1S/C53H92O6/c1-4-7-10-13-16-19-22-25-27-29-31-34-37-40-43-46-52(55)58-49-50(48-57-51(54)45-42-39-36-33-30-24-21-18-15-12-9-6-3)59-53(56)47-44-41-38-35-32-28-26-23-20-17-14-11-8-5-2/h7,10,16,19,25,27,31,34,40,43,50H,4-6,8-9,11-15,17-18,20-24,26,28-30,32-33,35-39,41-42,44-49H2,1-3H3/b10-7-,19-16-,27-25-,34-31-,43-40-. The summed E-state index contributed by atoms with van der Waals surface area (Å²) < 4.78 is 16.7. The Morgan fingerprint density at radius 2 is 0.661 bits per heavy atom. The van der Waals surface area contributed by atoms with Crippen molar-refractivity contribution < 1.29 is 28.6 Å². The fourth-order valence-electron chi connectivity index (χ4n) is 6.87. The minimum absolute atomic E-state index is 0.101. The number of carbonyl (C=O) groups is 3. The Kier molecular flexibility index (Phi) is 45.4. The van der Waals surface area contributed by atoms with Crippen LogP contribution in [0.5, 0.6) is 0 Å². The third-order valence-corrected chi connectivity index (χ3v) is 10.6. The van der Waals surface area contributed by atoms with Gasteiger partial charge in [0.15, 0.2) is 6.10 Å². The van der Waals surface area contributed by atoms with E-state index in [0.29, 0.717) is 12.8 Å². The summed E-state index contributed by atoms with van der Waals surface area (Å²) in [6, 6.07) is 0. The fourth-order valence-corrected chi connectivity index (χ4v) is 6.87. The summed E-state index contributed by atoms with van der Waals surface area (Å²) in [4.78, 5) is 37.8. The lowest BCUT2D eigenvalue weighted by Gasteiger charge is -2.18. The first-order chi connectivity index (χ1) is 29.0. The number of ether oxygens (including phenoxy) is 3. The monoisotopic (exact) mass is 825 g/mol. The van der Waals surface area contributed by atoms with Crippen LogP contribution in [-0.2, 0) is 28.6 Å². The molecule has 0 saturated heterocycles. The van der Waals surface area contributed by atoms with Gasteiger partial charge in [-0.1, -0.05) is 236 Å². The van der Waals surface area contributed by atoms with Gasteiger partial charge in [-0.05, 0) is 44.9 Å². The number of hydrogen-bond acceptors (Lipinski definition) is 6. The minimum Gasteiger partial charge on any atom is -0.462 e. The van der Waals surface area contributed by atoms with E-state index >= 15 is 0 Å². The molecule has 6 heteroatoms. The van der Waals surface area contributed by atoms with E-state index in [2.05, 4.69) is 69.4 Å². The Morgan fingerprint density at radius 1 is 0.356 bits per heavy atom. The number of hydrogen-bond donors (Lipinski definition) is 0. The first-order valence-electron chi connectivity index (χ1n) is 24.8. The van der Waals surface area contributed by atoms with E-state index in [-0.39, 0.29) is 31.6 Å². The third kappa shape index (κ3) is 46.0. The summed E-state index contributed by atoms with van der Waals surface area (Å²) >= 11 is 0. The number of allylic oxidation sites excluding steroid dienone is 9. The highest BCUT2D eigenvalue weighted by Gasteiger charge is 2.19. The largest absolute Gasteiger partial charge is 0.462 e. The first-order valence-corrected chi connectivity index (χ1v) is 24.8. The van der Waals surface area contributed by atoms with Gasteiger partial charge in [-0.25, -0.2) is 0 Å². The van der Waals surface area contributed by atoms with Crippen LogP contribution < -0.4 is 0 Å². The molecule has 0 rings (SSSR count). The zero-order valence-electron chi connectivity index (χ0n) is 38.8. The molecule has 0 heterocycles. The summed E-state index contributed by atoms with van der Waals surface area (Å²) in [6.07, 6.45) is 58.0. The highest BCUT2D eigenvalue weighted by molar-refractivity contribution is 5.72. The van der Waals surface area contributed by atoms with Crippen LogP contribution in [0.3, 0.4) is 0 Å². The molecule has 0 spiro atoms. The molecule has 0 N–H and O–H groups in total. The van der Waals surface area contributed by atoms with Crippen molar-refractivity contribution in [2.45, 2.75) is 245 Å². The van der Waals surface area contributed by atoms with E-state index in [1.165, 1.54) is 128 Å². The molecule has 0 saturated carbocycles. The van der Waals surface area contributed by atoms with Crippen LogP contribution in [0, 0.1) is 0 Å². The maximum atomic E-state index is 12.8. The molecular weight excluding hydrogens is 733 g/mol. The molecule has 0 aliphatic heterocycles. The fraction of sp³-hybridized carbons (Fsp3) is 0.755. The molecule has 0 fully saturated rings. The quantitative estimate of drug-likeness (QED) is 0.0263. The van der Waals surface area contributed by atoms with Crippen molar-refractivity contribution in [3.63, 3.8) is 0 Å². The van der Waals surface area contributed by atoms with Gasteiger partial charge in [-0.15, -0.1) is 0 Å². The van der Waals surface area contributed by atoms with E-state index in [1.54, 1.807) is 6.08 Å². The van der Waals surface area contributed by atoms with Gasteiger partial charge in [0.2, 0.25) is 0 Å². The van der Waals surface area contributed by atoms with Crippen molar-refractivity contribution in [2.24, 2.45) is 0 Å². The number of carbonyl (C=O) groups excluding carboxylic acids is 3. The van der Waals surface area contributed by atoms with Crippen molar-refractivity contribution >= 4 is 17.9 Å². The molecule has 0 amide bonds. The normalized spacial score (nSPS) is 12.5. The summed E-state index contributed by atoms with van der Waals surface area (Å²) in [5.41, 5.74) is 0. The van der Waals surface area contributed by atoms with E-state index in [4.69, 9.17) is 14.2 Å². The molecule has 1 atom stereocenters. The molecule has 340 valence electrons. The van der Waals surface area contributed by atoms with Crippen LogP contribution in [0.15, 0.2) is 60.8 Å². The minimum atomic E-state index is -0.808. The van der Waals surface area contributed by atoms with Crippen molar-refractivity contribution in [1.82, 2.24) is 0 Å². The molecule has 6 nitrogen and oxygen atoms in total. The molecule has 0 aromatic heterocycles. The lowest BCUT2D eigenvalue weighted by Crippen LogP contribution is -2.30. The number of esters is 3. The van der Waals surface area contributed by atoms with Gasteiger partial charge in [0.25, 0.3) is 0 Å². The topological polar surface area (TPSA) is 78.9 Å². The zero-order chi connectivity index (χ0) is 43.0. The number of rotatable bonds is 44. The number of unbranched alkanes of at least 4 members (excludes halogenated alkanes) is 24. The zero-order valence-corrected chi connectivity index (χ0v) is 38.8. The maximum absolute atomic E-state index is 12.8. The predicted octanol–water partition coefficient (Wildman–Crippen LogP) is 16.1. The second-order valence-corrected chi connectivity index (χ2v) is 16.4. The molecule has 0 aliphatic carbocycles. The molecule has 0 aromatic rings. The van der Waals surface area contributed by atoms with E-state index in [0.717, 1.165) is 70.6 Å².